The van der Waals surface area contributed by atoms with E-state index >= 15 is 0 Å². The third kappa shape index (κ3) is 3.88. The Hall–Kier alpha value is -3.44. The molecule has 0 aliphatic carbocycles. The molecule has 1 heterocycles. The number of amides is 2. The molecule has 0 saturated carbocycles. The fraction of sp³-hybridized carbons (Fsp3) is 0.0625. The van der Waals surface area contributed by atoms with Crippen LogP contribution in [0, 0.1) is 0 Å². The Morgan fingerprint density at radius 2 is 1.81 bits per heavy atom. The van der Waals surface area contributed by atoms with Crippen LogP contribution in [0.3, 0.4) is 0 Å². The lowest BCUT2D eigenvalue weighted by Crippen LogP contribution is -2.23. The number of aromatic nitrogens is 1. The van der Waals surface area contributed by atoms with Crippen LogP contribution in [0.15, 0.2) is 63.8 Å². The first-order chi connectivity index (χ1) is 12.8. The maximum atomic E-state index is 11.9. The molecule has 11 heteroatoms. The standard InChI is InChI=1S/C16H16N6O4S/c1-22-13-5-3-2-4-12(13)14(15(22)23)19-21-20-16(24)18-10-6-8-11(9-7-10)27(17,25)26/h2-9,23H,1H3,(H2,17,25,26)(H2,18,19,20,24). The Labute approximate surface area is 154 Å². The van der Waals surface area contributed by atoms with Crippen LogP contribution in [0.5, 0.6) is 5.88 Å². The topological polar surface area (TPSA) is 151 Å². The number of nitrogens with two attached hydrogens (primary N) is 1. The summed E-state index contributed by atoms with van der Waals surface area (Å²) in [4.78, 5) is 11.8. The minimum Gasteiger partial charge on any atom is -0.493 e. The van der Waals surface area contributed by atoms with E-state index in [0.717, 1.165) is 5.52 Å². The van der Waals surface area contributed by atoms with Gasteiger partial charge in [-0.15, -0.1) is 5.11 Å². The van der Waals surface area contributed by atoms with E-state index < -0.39 is 16.1 Å². The average Bonchev–Trinajstić information content (AvgIpc) is 2.87. The van der Waals surface area contributed by atoms with Gasteiger partial charge in [0.1, 0.15) is 0 Å². The summed E-state index contributed by atoms with van der Waals surface area (Å²) in [7, 11) is -2.12. The quantitative estimate of drug-likeness (QED) is 0.400. The molecule has 0 fully saturated rings. The maximum Gasteiger partial charge on any atom is 0.341 e. The molecule has 3 aromatic rings. The highest BCUT2D eigenvalue weighted by molar-refractivity contribution is 7.89. The lowest BCUT2D eigenvalue weighted by Gasteiger charge is -2.04. The Morgan fingerprint density at radius 3 is 2.48 bits per heavy atom. The number of primary sulfonamides is 1. The number of sulfonamides is 1. The van der Waals surface area contributed by atoms with Crippen LogP contribution in [0.4, 0.5) is 16.2 Å². The second kappa shape index (κ2) is 7.05. The largest absolute Gasteiger partial charge is 0.493 e. The molecular formula is C16H16N6O4S. The number of aromatic hydroxyl groups is 1. The number of aryl methyl sites for hydroxylation is 1. The zero-order chi connectivity index (χ0) is 19.6. The molecular weight excluding hydrogens is 372 g/mol. The van der Waals surface area contributed by atoms with Crippen LogP contribution in [0.25, 0.3) is 10.9 Å². The zero-order valence-corrected chi connectivity index (χ0v) is 14.9. The fourth-order valence-corrected chi connectivity index (χ4v) is 2.98. The van der Waals surface area contributed by atoms with Crippen molar-refractivity contribution in [2.24, 2.45) is 22.5 Å². The first-order valence-corrected chi connectivity index (χ1v) is 9.19. The lowest BCUT2D eigenvalue weighted by molar-refractivity contribution is 0.252. The molecule has 0 bridgehead atoms. The van der Waals surface area contributed by atoms with Crippen molar-refractivity contribution >= 4 is 38.3 Å². The SMILES string of the molecule is Cn1c(O)c(N=NNC(=O)Nc2ccc(S(N)(=O)=O)cc2)c2ccccc21. The molecule has 0 aliphatic rings. The van der Waals surface area contributed by atoms with Gasteiger partial charge in [-0.05, 0) is 30.3 Å². The Kier molecular flexibility index (Phi) is 4.79. The number of fused-ring (bicyclic) bond motifs is 1. The van der Waals surface area contributed by atoms with Gasteiger partial charge in [-0.25, -0.2) is 23.8 Å². The van der Waals surface area contributed by atoms with Gasteiger partial charge in [0.25, 0.3) is 0 Å². The van der Waals surface area contributed by atoms with Gasteiger partial charge in [0, 0.05) is 18.1 Å². The van der Waals surface area contributed by atoms with Crippen LogP contribution < -0.4 is 15.9 Å². The van der Waals surface area contributed by atoms with E-state index in [9.17, 15) is 18.3 Å². The van der Waals surface area contributed by atoms with E-state index in [0.29, 0.717) is 11.1 Å². The summed E-state index contributed by atoms with van der Waals surface area (Å²) in [5.41, 5.74) is 3.50. The van der Waals surface area contributed by atoms with Gasteiger partial charge in [-0.2, -0.15) is 0 Å². The molecule has 140 valence electrons. The second-order valence-corrected chi connectivity index (χ2v) is 7.15. The molecule has 2 amide bonds. The van der Waals surface area contributed by atoms with Crippen molar-refractivity contribution in [1.29, 1.82) is 0 Å². The van der Waals surface area contributed by atoms with E-state index in [4.69, 9.17) is 5.14 Å². The van der Waals surface area contributed by atoms with Gasteiger partial charge >= 0.3 is 6.03 Å². The Morgan fingerprint density at radius 1 is 1.15 bits per heavy atom. The molecule has 0 saturated heterocycles. The van der Waals surface area contributed by atoms with E-state index in [1.807, 2.05) is 12.1 Å². The van der Waals surface area contributed by atoms with E-state index in [2.05, 4.69) is 21.1 Å². The molecule has 5 N–H and O–H groups in total. The lowest BCUT2D eigenvalue weighted by atomic mass is 10.2. The van der Waals surface area contributed by atoms with Crippen molar-refractivity contribution in [3.8, 4) is 5.88 Å². The predicted octanol–water partition coefficient (Wildman–Crippen LogP) is 2.35. The summed E-state index contributed by atoms with van der Waals surface area (Å²) in [6, 6.07) is 11.8. The zero-order valence-electron chi connectivity index (χ0n) is 14.1. The molecule has 0 spiro atoms. The number of carbonyl (C=O) groups excluding carboxylic acids is 1. The third-order valence-corrected chi connectivity index (χ3v) is 4.72. The number of para-hydroxylation sites is 1. The maximum absolute atomic E-state index is 11.9. The molecule has 27 heavy (non-hydrogen) atoms. The Bertz CT molecular complexity index is 1140. The highest BCUT2D eigenvalue weighted by atomic mass is 32.2. The molecule has 1 aromatic heterocycles. The van der Waals surface area contributed by atoms with Gasteiger partial charge in [0.2, 0.25) is 15.9 Å². The minimum atomic E-state index is -3.80. The minimum absolute atomic E-state index is 0.0698. The van der Waals surface area contributed by atoms with E-state index in [-0.39, 0.29) is 16.5 Å². The summed E-state index contributed by atoms with van der Waals surface area (Å²) in [5, 5.41) is 25.7. The molecule has 0 atom stereocenters. The van der Waals surface area contributed by atoms with Crippen molar-refractivity contribution in [1.82, 2.24) is 9.99 Å². The van der Waals surface area contributed by atoms with E-state index in [1.165, 1.54) is 24.3 Å². The summed E-state index contributed by atoms with van der Waals surface area (Å²) in [6.07, 6.45) is 0. The number of rotatable bonds is 4. The van der Waals surface area contributed by atoms with Crippen LogP contribution >= 0.6 is 0 Å². The Balaban J connectivity index is 1.69. The van der Waals surface area contributed by atoms with Gasteiger partial charge in [-0.3, -0.25) is 0 Å². The summed E-state index contributed by atoms with van der Waals surface area (Å²) in [5.74, 6) is -0.0826. The number of hydrogen-bond acceptors (Lipinski definition) is 6. The normalized spacial score (nSPS) is 11.8. The predicted molar refractivity (Wildman–Crippen MR) is 99.1 cm³/mol. The van der Waals surface area contributed by atoms with E-state index in [1.54, 1.807) is 23.7 Å². The molecule has 3 rings (SSSR count). The molecule has 10 nitrogen and oxygen atoms in total. The number of hydrogen-bond donors (Lipinski definition) is 4. The number of carbonyl (C=O) groups is 1. The number of anilines is 1. The van der Waals surface area contributed by atoms with Crippen LogP contribution in [-0.4, -0.2) is 24.1 Å². The highest BCUT2D eigenvalue weighted by Gasteiger charge is 2.13. The van der Waals surface area contributed by atoms with Gasteiger partial charge < -0.3 is 15.0 Å². The smallest absolute Gasteiger partial charge is 0.341 e. The first kappa shape index (κ1) is 18.4. The van der Waals surface area contributed by atoms with Crippen molar-refractivity contribution in [3.05, 3.63) is 48.5 Å². The second-order valence-electron chi connectivity index (χ2n) is 5.58. The van der Waals surface area contributed by atoms with Gasteiger partial charge in [-0.1, -0.05) is 23.4 Å². The molecule has 2 aromatic carbocycles. The highest BCUT2D eigenvalue weighted by Crippen LogP contribution is 2.37. The number of nitrogens with one attached hydrogen (secondary N) is 2. The molecule has 0 unspecified atom stereocenters. The summed E-state index contributed by atoms with van der Waals surface area (Å²) < 4.78 is 23.9. The molecule has 0 radical (unpaired) electrons. The average molecular weight is 388 g/mol. The van der Waals surface area contributed by atoms with Crippen molar-refractivity contribution < 1.29 is 18.3 Å². The molecule has 0 aliphatic heterocycles. The van der Waals surface area contributed by atoms with Crippen LogP contribution in [0.2, 0.25) is 0 Å². The third-order valence-electron chi connectivity index (χ3n) is 3.79. The number of urea groups is 1. The monoisotopic (exact) mass is 388 g/mol. The number of nitrogens with zero attached hydrogens (tertiary/aromatic N) is 3. The number of benzene rings is 2. The first-order valence-electron chi connectivity index (χ1n) is 7.64. The van der Waals surface area contributed by atoms with Crippen molar-refractivity contribution in [2.45, 2.75) is 4.90 Å². The van der Waals surface area contributed by atoms with Crippen LogP contribution in [-0.2, 0) is 17.1 Å². The van der Waals surface area contributed by atoms with Crippen LogP contribution in [0.1, 0.15) is 0 Å². The van der Waals surface area contributed by atoms with Crippen molar-refractivity contribution in [3.63, 3.8) is 0 Å². The summed E-state index contributed by atoms with van der Waals surface area (Å²) >= 11 is 0. The van der Waals surface area contributed by atoms with Gasteiger partial charge in [0.05, 0.1) is 10.4 Å². The van der Waals surface area contributed by atoms with Crippen molar-refractivity contribution in [2.75, 3.05) is 5.32 Å². The van der Waals surface area contributed by atoms with Gasteiger partial charge in [0.15, 0.2) is 5.69 Å². The fourth-order valence-electron chi connectivity index (χ4n) is 2.47. The summed E-state index contributed by atoms with van der Waals surface area (Å²) in [6.45, 7) is 0.